The number of nitrogens with one attached hydrogen (secondary N) is 1. The molecule has 0 aliphatic heterocycles. The maximum absolute atomic E-state index is 10.3. The zero-order chi connectivity index (χ0) is 22.3. The molecule has 0 bridgehead atoms. The summed E-state index contributed by atoms with van der Waals surface area (Å²) in [6.45, 7) is -3.03. The van der Waals surface area contributed by atoms with Gasteiger partial charge in [0, 0.05) is 19.6 Å². The standard InChI is InChI=1S/C8H19NO5.C6H15NO6S/c10-3-1-9(2-4-11)8(5-12,6-13)7-14;8-3-6(4-9,5-10)7-1-2-14(11,12)13/h10-14H,1-7H2;7-10H,1-5H2,(H,11,12,13). The molecule has 0 heterocycles. The van der Waals surface area contributed by atoms with Gasteiger partial charge in [-0.15, -0.1) is 0 Å². The Morgan fingerprint density at radius 2 is 1.11 bits per heavy atom. The van der Waals surface area contributed by atoms with Crippen LogP contribution in [0, 0.1) is 0 Å². The third-order valence-electron chi connectivity index (χ3n) is 4.06. The summed E-state index contributed by atoms with van der Waals surface area (Å²) >= 11 is 0. The molecule has 0 radical (unpaired) electrons. The molecule has 0 spiro atoms. The van der Waals surface area contributed by atoms with Crippen LogP contribution in [0.5, 0.6) is 0 Å². The van der Waals surface area contributed by atoms with E-state index in [0.29, 0.717) is 0 Å². The Morgan fingerprint density at radius 1 is 0.714 bits per heavy atom. The van der Waals surface area contributed by atoms with E-state index in [1.165, 1.54) is 4.90 Å². The Hall–Kier alpha value is -0.490. The van der Waals surface area contributed by atoms with Crippen LogP contribution in [-0.4, -0.2) is 148 Å². The van der Waals surface area contributed by atoms with E-state index in [-0.39, 0.29) is 32.8 Å². The molecule has 0 fully saturated rings. The van der Waals surface area contributed by atoms with Gasteiger partial charge >= 0.3 is 0 Å². The van der Waals surface area contributed by atoms with Crippen molar-refractivity contribution in [2.45, 2.75) is 11.1 Å². The highest BCUT2D eigenvalue weighted by atomic mass is 32.2. The van der Waals surface area contributed by atoms with E-state index < -0.39 is 66.6 Å². The minimum absolute atomic E-state index is 0.165. The summed E-state index contributed by atoms with van der Waals surface area (Å²) in [5.41, 5.74) is -2.49. The summed E-state index contributed by atoms with van der Waals surface area (Å²) < 4.78 is 29.0. The van der Waals surface area contributed by atoms with Crippen LogP contribution in [0.3, 0.4) is 0 Å². The molecule has 0 aromatic carbocycles. The van der Waals surface area contributed by atoms with Gasteiger partial charge in [-0.2, -0.15) is 8.42 Å². The smallest absolute Gasteiger partial charge is 0.266 e. The molecule has 0 saturated carbocycles. The molecule has 0 rings (SSSR count). The van der Waals surface area contributed by atoms with E-state index in [0.717, 1.165) is 0 Å². The fourth-order valence-corrected chi connectivity index (χ4v) is 2.40. The van der Waals surface area contributed by atoms with E-state index in [1.807, 2.05) is 0 Å². The highest BCUT2D eigenvalue weighted by Gasteiger charge is 2.34. The van der Waals surface area contributed by atoms with Crippen LogP contribution >= 0.6 is 0 Å². The molecule has 0 aromatic rings. The van der Waals surface area contributed by atoms with Gasteiger partial charge in [0.2, 0.25) is 0 Å². The largest absolute Gasteiger partial charge is 0.395 e. The van der Waals surface area contributed by atoms with Gasteiger partial charge in [0.05, 0.1) is 69.7 Å². The zero-order valence-corrected chi connectivity index (χ0v) is 16.5. The number of hydrogen-bond acceptors (Lipinski definition) is 12. The first kappa shape index (κ1) is 29.7. The van der Waals surface area contributed by atoms with Crippen molar-refractivity contribution >= 4 is 10.1 Å². The third-order valence-corrected chi connectivity index (χ3v) is 4.78. The topological polar surface area (TPSA) is 231 Å². The number of β-amino-alcohol motifs (C(OH)–C–C–N with tert-alkyl or cyclic N) is 2. The van der Waals surface area contributed by atoms with Crippen LogP contribution < -0.4 is 5.32 Å². The van der Waals surface area contributed by atoms with Crippen LogP contribution in [0.2, 0.25) is 0 Å². The van der Waals surface area contributed by atoms with Gasteiger partial charge in [0.1, 0.15) is 0 Å². The predicted octanol–water partition coefficient (Wildman–Crippen LogP) is -5.83. The lowest BCUT2D eigenvalue weighted by Crippen LogP contribution is -2.58. The summed E-state index contributed by atoms with van der Waals surface area (Å²) in [6.07, 6.45) is 0. The van der Waals surface area contributed by atoms with Crippen LogP contribution in [-0.2, 0) is 10.1 Å². The maximum Gasteiger partial charge on any atom is 0.266 e. The van der Waals surface area contributed by atoms with Crippen LogP contribution in [0.1, 0.15) is 0 Å². The van der Waals surface area contributed by atoms with E-state index in [2.05, 4.69) is 5.32 Å². The van der Waals surface area contributed by atoms with Crippen molar-refractivity contribution in [1.82, 2.24) is 10.2 Å². The maximum atomic E-state index is 10.3. The predicted molar refractivity (Wildman–Crippen MR) is 98.1 cm³/mol. The Bertz CT molecular complexity index is 447. The lowest BCUT2D eigenvalue weighted by Gasteiger charge is -2.39. The Balaban J connectivity index is 0. The minimum Gasteiger partial charge on any atom is -0.395 e. The van der Waals surface area contributed by atoms with E-state index in [1.54, 1.807) is 0 Å². The van der Waals surface area contributed by atoms with Gasteiger partial charge in [0.25, 0.3) is 10.1 Å². The number of rotatable bonds is 15. The highest BCUT2D eigenvalue weighted by Crippen LogP contribution is 2.13. The van der Waals surface area contributed by atoms with Crippen molar-refractivity contribution in [2.24, 2.45) is 0 Å². The lowest BCUT2D eigenvalue weighted by atomic mass is 10.0. The third kappa shape index (κ3) is 10.9. The average Bonchev–Trinajstić information content (AvgIpc) is 2.67. The van der Waals surface area contributed by atoms with E-state index >= 15 is 0 Å². The van der Waals surface area contributed by atoms with Gasteiger partial charge < -0.3 is 46.2 Å². The Kier molecular flexibility index (Phi) is 16.3. The highest BCUT2D eigenvalue weighted by molar-refractivity contribution is 7.85. The summed E-state index contributed by atoms with van der Waals surface area (Å²) in [7, 11) is -4.08. The molecule has 10 N–H and O–H groups in total. The molecule has 172 valence electrons. The van der Waals surface area contributed by atoms with Gasteiger partial charge in [0.15, 0.2) is 0 Å². The molecule has 0 unspecified atom stereocenters. The second-order valence-corrected chi connectivity index (χ2v) is 7.67. The average molecular weight is 438 g/mol. The number of aliphatic hydroxyl groups excluding tert-OH is 8. The van der Waals surface area contributed by atoms with Crippen molar-refractivity contribution in [1.29, 1.82) is 0 Å². The quantitative estimate of drug-likeness (QED) is 0.107. The number of aliphatic hydroxyl groups is 8. The van der Waals surface area contributed by atoms with Crippen LogP contribution in [0.25, 0.3) is 0 Å². The molecular weight excluding hydrogens is 404 g/mol. The normalized spacial score (nSPS) is 12.8. The SMILES string of the molecule is O=S(=O)(O)CCNC(CO)(CO)CO.OCCN(CCO)C(CO)(CO)CO. The Morgan fingerprint density at radius 3 is 1.36 bits per heavy atom. The van der Waals surface area contributed by atoms with Crippen molar-refractivity contribution in [3.8, 4) is 0 Å². The summed E-state index contributed by atoms with van der Waals surface area (Å²) in [6, 6.07) is 0. The minimum atomic E-state index is -4.08. The van der Waals surface area contributed by atoms with Crippen molar-refractivity contribution in [3.05, 3.63) is 0 Å². The first-order valence-corrected chi connectivity index (χ1v) is 10.0. The summed E-state index contributed by atoms with van der Waals surface area (Å²) in [5.74, 6) is -0.547. The molecule has 0 amide bonds. The Labute approximate surface area is 164 Å². The van der Waals surface area contributed by atoms with Crippen LogP contribution in [0.4, 0.5) is 0 Å². The second-order valence-electron chi connectivity index (χ2n) is 6.10. The van der Waals surface area contributed by atoms with Gasteiger partial charge in [-0.3, -0.25) is 9.45 Å². The molecule has 0 aromatic heterocycles. The lowest BCUT2D eigenvalue weighted by molar-refractivity contribution is -0.0578. The summed E-state index contributed by atoms with van der Waals surface area (Å²) in [4.78, 5) is 1.47. The van der Waals surface area contributed by atoms with Crippen molar-refractivity contribution in [3.63, 3.8) is 0 Å². The van der Waals surface area contributed by atoms with Crippen LogP contribution in [0.15, 0.2) is 0 Å². The van der Waals surface area contributed by atoms with Gasteiger partial charge in [-0.25, -0.2) is 0 Å². The first-order chi connectivity index (χ1) is 13.1. The fraction of sp³-hybridized carbons (Fsp3) is 1.00. The zero-order valence-electron chi connectivity index (χ0n) is 15.7. The number of nitrogens with zero attached hydrogens (tertiary/aromatic N) is 1. The summed E-state index contributed by atoms with van der Waals surface area (Å²) in [5, 5.41) is 73.6. The fourth-order valence-electron chi connectivity index (χ4n) is 2.04. The second kappa shape index (κ2) is 15.4. The van der Waals surface area contributed by atoms with E-state index in [4.69, 9.17) is 45.4 Å². The monoisotopic (exact) mass is 438 g/mol. The van der Waals surface area contributed by atoms with E-state index in [9.17, 15) is 8.42 Å². The van der Waals surface area contributed by atoms with Gasteiger partial charge in [-0.05, 0) is 0 Å². The molecule has 0 atom stereocenters. The molecular formula is C14H34N2O11S. The molecule has 0 saturated heterocycles. The molecule has 0 aliphatic carbocycles. The van der Waals surface area contributed by atoms with Crippen molar-refractivity contribution in [2.75, 3.05) is 78.2 Å². The first-order valence-electron chi connectivity index (χ1n) is 8.42. The molecule has 13 nitrogen and oxygen atoms in total. The van der Waals surface area contributed by atoms with Crippen molar-refractivity contribution < 1.29 is 53.8 Å². The number of hydrogen-bond donors (Lipinski definition) is 10. The molecule has 28 heavy (non-hydrogen) atoms. The molecule has 0 aliphatic rings. The van der Waals surface area contributed by atoms with Gasteiger partial charge in [-0.1, -0.05) is 0 Å². The molecule has 14 heteroatoms.